The molecule has 2 atom stereocenters. The van der Waals surface area contributed by atoms with Crippen molar-refractivity contribution in [1.82, 2.24) is 4.90 Å². The summed E-state index contributed by atoms with van der Waals surface area (Å²) in [5.41, 5.74) is 1.27. The van der Waals surface area contributed by atoms with Crippen molar-refractivity contribution in [3.8, 4) is 0 Å². The largest absolute Gasteiger partial charge is 0.306 e. The molecule has 1 aliphatic rings. The molecule has 98 valence electrons. The highest BCUT2D eigenvalue weighted by atomic mass is 35.5. The fourth-order valence-corrected chi connectivity index (χ4v) is 3.01. The van der Waals surface area contributed by atoms with Crippen LogP contribution in [-0.2, 0) is 6.42 Å². The van der Waals surface area contributed by atoms with Gasteiger partial charge < -0.3 is 4.90 Å². The lowest BCUT2D eigenvalue weighted by Gasteiger charge is -2.35. The van der Waals surface area contributed by atoms with Crippen LogP contribution in [0.5, 0.6) is 0 Å². The highest BCUT2D eigenvalue weighted by Gasteiger charge is 2.25. The van der Waals surface area contributed by atoms with Gasteiger partial charge in [0.15, 0.2) is 0 Å². The van der Waals surface area contributed by atoms with Crippen molar-refractivity contribution in [2.75, 3.05) is 20.1 Å². The van der Waals surface area contributed by atoms with Crippen molar-refractivity contribution in [1.29, 1.82) is 0 Å². The van der Waals surface area contributed by atoms with E-state index in [1.54, 1.807) is 0 Å². The molecule has 0 amide bonds. The van der Waals surface area contributed by atoms with Crippen LogP contribution in [0.4, 0.5) is 0 Å². The maximum absolute atomic E-state index is 6.06. The maximum Gasteiger partial charge on any atom is 0.0595 e. The van der Waals surface area contributed by atoms with Crippen LogP contribution in [0.25, 0.3) is 0 Å². The number of likely N-dealkylation sites (tertiary alicyclic amines) is 1. The maximum atomic E-state index is 6.06. The zero-order chi connectivity index (χ0) is 13.1. The first-order chi connectivity index (χ1) is 8.60. The third-order valence-corrected chi connectivity index (χ3v) is 4.53. The third-order valence-electron chi connectivity index (χ3n) is 3.79. The van der Waals surface area contributed by atoms with E-state index in [0.29, 0.717) is 21.9 Å². The second-order valence-corrected chi connectivity index (χ2v) is 5.98. The molecule has 0 aliphatic carbocycles. The first-order valence-corrected chi connectivity index (χ1v) is 7.10. The number of benzene rings is 1. The Hall–Kier alpha value is -0.500. The van der Waals surface area contributed by atoms with Crippen molar-refractivity contribution in [2.45, 2.75) is 12.8 Å². The first-order valence-electron chi connectivity index (χ1n) is 6.35. The SMILES string of the molecule is C=C[C@@H]1CN(C)CCC1Cc1ccc(Cl)c(Cl)c1. The fourth-order valence-electron chi connectivity index (χ4n) is 2.69. The molecule has 1 unspecified atom stereocenters. The van der Waals surface area contributed by atoms with E-state index in [1.807, 2.05) is 12.1 Å². The van der Waals surface area contributed by atoms with Gasteiger partial charge in [-0.1, -0.05) is 35.3 Å². The van der Waals surface area contributed by atoms with Gasteiger partial charge in [-0.25, -0.2) is 0 Å². The van der Waals surface area contributed by atoms with Crippen LogP contribution in [0.3, 0.4) is 0 Å². The third kappa shape index (κ3) is 3.28. The number of halogens is 2. The smallest absolute Gasteiger partial charge is 0.0595 e. The fraction of sp³-hybridized carbons (Fsp3) is 0.467. The summed E-state index contributed by atoms with van der Waals surface area (Å²) in [6.07, 6.45) is 4.37. The highest BCUT2D eigenvalue weighted by molar-refractivity contribution is 6.42. The Kier molecular flexibility index (Phi) is 4.71. The topological polar surface area (TPSA) is 3.24 Å². The molecule has 1 nitrogen and oxygen atoms in total. The standard InChI is InChI=1S/C15H19Cl2N/c1-3-12-10-18(2)7-6-13(12)8-11-4-5-14(16)15(17)9-11/h3-5,9,12-13H,1,6-8,10H2,2H3/t12-,13?/m1/s1. The zero-order valence-corrected chi connectivity index (χ0v) is 12.2. The monoisotopic (exact) mass is 283 g/mol. The minimum Gasteiger partial charge on any atom is -0.306 e. The second kappa shape index (κ2) is 6.10. The Morgan fingerprint density at radius 3 is 2.83 bits per heavy atom. The molecule has 1 aliphatic heterocycles. The number of hydrogen-bond acceptors (Lipinski definition) is 1. The van der Waals surface area contributed by atoms with Crippen LogP contribution in [0.1, 0.15) is 12.0 Å². The number of hydrogen-bond donors (Lipinski definition) is 0. The van der Waals surface area contributed by atoms with Gasteiger partial charge in [-0.05, 0) is 56.0 Å². The van der Waals surface area contributed by atoms with E-state index in [1.165, 1.54) is 12.0 Å². The van der Waals surface area contributed by atoms with Gasteiger partial charge in [0.1, 0.15) is 0 Å². The van der Waals surface area contributed by atoms with Gasteiger partial charge >= 0.3 is 0 Å². The minimum absolute atomic E-state index is 0.568. The van der Waals surface area contributed by atoms with Gasteiger partial charge in [0.2, 0.25) is 0 Å². The normalized spacial score (nSPS) is 25.1. The molecule has 0 spiro atoms. The second-order valence-electron chi connectivity index (χ2n) is 5.16. The molecule has 18 heavy (non-hydrogen) atoms. The van der Waals surface area contributed by atoms with Crippen molar-refractivity contribution >= 4 is 23.2 Å². The number of nitrogens with zero attached hydrogens (tertiary/aromatic N) is 1. The highest BCUT2D eigenvalue weighted by Crippen LogP contribution is 2.29. The van der Waals surface area contributed by atoms with Gasteiger partial charge in [0.05, 0.1) is 10.0 Å². The van der Waals surface area contributed by atoms with Gasteiger partial charge in [-0.2, -0.15) is 0 Å². The van der Waals surface area contributed by atoms with Crippen molar-refractivity contribution < 1.29 is 0 Å². The predicted molar refractivity (Wildman–Crippen MR) is 79.5 cm³/mol. The Labute approximate surface area is 119 Å². The average Bonchev–Trinajstić information content (AvgIpc) is 2.36. The van der Waals surface area contributed by atoms with Crippen molar-refractivity contribution in [2.24, 2.45) is 11.8 Å². The van der Waals surface area contributed by atoms with Crippen molar-refractivity contribution in [3.05, 3.63) is 46.5 Å². The van der Waals surface area contributed by atoms with Crippen LogP contribution in [0, 0.1) is 11.8 Å². The van der Waals surface area contributed by atoms with E-state index in [4.69, 9.17) is 23.2 Å². The van der Waals surface area contributed by atoms with Crippen molar-refractivity contribution in [3.63, 3.8) is 0 Å². The van der Waals surface area contributed by atoms with E-state index in [-0.39, 0.29) is 0 Å². The number of rotatable bonds is 3. The van der Waals surface area contributed by atoms with Crippen LogP contribution in [-0.4, -0.2) is 25.0 Å². The molecule has 0 saturated carbocycles. The quantitative estimate of drug-likeness (QED) is 0.748. The molecule has 1 heterocycles. The molecule has 1 aromatic rings. The van der Waals surface area contributed by atoms with E-state index in [9.17, 15) is 0 Å². The Bertz CT molecular complexity index is 431. The minimum atomic E-state index is 0.568. The molecule has 0 N–H and O–H groups in total. The summed E-state index contributed by atoms with van der Waals surface area (Å²) in [5.74, 6) is 1.23. The lowest BCUT2D eigenvalue weighted by Crippen LogP contribution is -2.37. The summed E-state index contributed by atoms with van der Waals surface area (Å²) in [4.78, 5) is 2.37. The molecule has 1 saturated heterocycles. The predicted octanol–water partition coefficient (Wildman–Crippen LogP) is 4.29. The molecule has 0 radical (unpaired) electrons. The average molecular weight is 284 g/mol. The van der Waals surface area contributed by atoms with Crippen LogP contribution < -0.4 is 0 Å². The van der Waals surface area contributed by atoms with E-state index >= 15 is 0 Å². The molecule has 0 aromatic heterocycles. The van der Waals surface area contributed by atoms with E-state index in [0.717, 1.165) is 19.5 Å². The van der Waals surface area contributed by atoms with Gasteiger partial charge in [0.25, 0.3) is 0 Å². The molecular weight excluding hydrogens is 265 g/mol. The van der Waals surface area contributed by atoms with E-state index in [2.05, 4.69) is 30.7 Å². The summed E-state index contributed by atoms with van der Waals surface area (Å²) < 4.78 is 0. The summed E-state index contributed by atoms with van der Waals surface area (Å²) in [6, 6.07) is 5.95. The Balaban J connectivity index is 2.07. The first kappa shape index (κ1) is 13.9. The lowest BCUT2D eigenvalue weighted by molar-refractivity contribution is 0.172. The number of piperidine rings is 1. The lowest BCUT2D eigenvalue weighted by atomic mass is 9.81. The Morgan fingerprint density at radius 2 is 2.17 bits per heavy atom. The molecular formula is C15H19Cl2N. The summed E-state index contributed by atoms with van der Waals surface area (Å²) in [5, 5.41) is 1.28. The zero-order valence-electron chi connectivity index (χ0n) is 10.7. The molecule has 1 aromatic carbocycles. The summed E-state index contributed by atoms with van der Waals surface area (Å²) in [7, 11) is 2.17. The van der Waals surface area contributed by atoms with Gasteiger partial charge in [-0.15, -0.1) is 6.58 Å². The van der Waals surface area contributed by atoms with Gasteiger partial charge in [0, 0.05) is 6.54 Å². The summed E-state index contributed by atoms with van der Waals surface area (Å²) in [6.45, 7) is 6.24. The summed E-state index contributed by atoms with van der Waals surface area (Å²) >= 11 is 12.0. The molecule has 0 bridgehead atoms. The molecule has 2 rings (SSSR count). The molecule has 1 fully saturated rings. The van der Waals surface area contributed by atoms with Crippen LogP contribution in [0.15, 0.2) is 30.9 Å². The van der Waals surface area contributed by atoms with Gasteiger partial charge in [-0.3, -0.25) is 0 Å². The molecule has 3 heteroatoms. The Morgan fingerprint density at radius 1 is 1.39 bits per heavy atom. The van der Waals surface area contributed by atoms with E-state index < -0.39 is 0 Å². The van der Waals surface area contributed by atoms with Crippen LogP contribution in [0.2, 0.25) is 10.0 Å². The van der Waals surface area contributed by atoms with Crippen LogP contribution >= 0.6 is 23.2 Å².